The Morgan fingerprint density at radius 2 is 1.93 bits per heavy atom. The van der Waals surface area contributed by atoms with Gasteiger partial charge in [-0.3, -0.25) is 9.69 Å². The fourth-order valence-electron chi connectivity index (χ4n) is 3.41. The molecule has 1 unspecified atom stereocenters. The first-order valence-corrected chi connectivity index (χ1v) is 9.97. The number of carbonyl (C=O) groups is 1. The Hall–Kier alpha value is -2.32. The third kappa shape index (κ3) is 4.90. The zero-order valence-electron chi connectivity index (χ0n) is 15.9. The van der Waals surface area contributed by atoms with Crippen LogP contribution in [0, 0.1) is 6.92 Å². The SMILES string of the molecule is C=C(CC(C)c1scnc1C)CN1CCN(c2ncc(C(N)=O)cn2)CC1. The predicted molar refractivity (Wildman–Crippen MR) is 108 cm³/mol. The number of anilines is 1. The molecule has 0 saturated carbocycles. The average molecular weight is 387 g/mol. The molecule has 1 amide bonds. The summed E-state index contributed by atoms with van der Waals surface area (Å²) in [6.07, 6.45) is 3.96. The molecule has 27 heavy (non-hydrogen) atoms. The third-order valence-corrected chi connectivity index (χ3v) is 6.01. The van der Waals surface area contributed by atoms with E-state index in [1.165, 1.54) is 22.8 Å². The van der Waals surface area contributed by atoms with E-state index in [1.807, 2.05) is 5.51 Å². The molecule has 3 rings (SSSR count). The fraction of sp³-hybridized carbons (Fsp3) is 0.474. The van der Waals surface area contributed by atoms with Gasteiger partial charge in [0.15, 0.2) is 0 Å². The van der Waals surface area contributed by atoms with Gasteiger partial charge >= 0.3 is 0 Å². The van der Waals surface area contributed by atoms with Crippen LogP contribution < -0.4 is 10.6 Å². The number of thiazole rings is 1. The van der Waals surface area contributed by atoms with E-state index in [0.29, 0.717) is 17.4 Å². The summed E-state index contributed by atoms with van der Waals surface area (Å²) in [5.74, 6) is 0.601. The van der Waals surface area contributed by atoms with Crippen LogP contribution in [0.4, 0.5) is 5.95 Å². The lowest BCUT2D eigenvalue weighted by atomic mass is 9.99. The highest BCUT2D eigenvalue weighted by molar-refractivity contribution is 7.09. The molecular weight excluding hydrogens is 360 g/mol. The first kappa shape index (κ1) is 19.4. The molecule has 1 saturated heterocycles. The highest BCUT2D eigenvalue weighted by Gasteiger charge is 2.20. The molecule has 0 aliphatic carbocycles. The van der Waals surface area contributed by atoms with Crippen molar-refractivity contribution < 1.29 is 4.79 Å². The van der Waals surface area contributed by atoms with Crippen molar-refractivity contribution in [2.75, 3.05) is 37.6 Å². The molecule has 1 fully saturated rings. The summed E-state index contributed by atoms with van der Waals surface area (Å²) in [5, 5.41) is 0. The minimum Gasteiger partial charge on any atom is -0.366 e. The first-order valence-electron chi connectivity index (χ1n) is 9.10. The van der Waals surface area contributed by atoms with Crippen LogP contribution in [0.1, 0.15) is 40.2 Å². The van der Waals surface area contributed by atoms with Gasteiger partial charge in [-0.2, -0.15) is 0 Å². The van der Waals surface area contributed by atoms with Crippen molar-refractivity contribution in [3.63, 3.8) is 0 Å². The first-order chi connectivity index (χ1) is 12.9. The molecule has 1 aliphatic rings. The Kier molecular flexibility index (Phi) is 6.18. The Balaban J connectivity index is 1.47. The molecule has 0 bridgehead atoms. The van der Waals surface area contributed by atoms with E-state index < -0.39 is 5.91 Å². The zero-order valence-corrected chi connectivity index (χ0v) is 16.7. The number of primary amides is 1. The summed E-state index contributed by atoms with van der Waals surface area (Å²) in [6, 6.07) is 0. The molecule has 1 aliphatic heterocycles. The van der Waals surface area contributed by atoms with E-state index in [0.717, 1.165) is 44.8 Å². The van der Waals surface area contributed by atoms with E-state index in [9.17, 15) is 4.79 Å². The van der Waals surface area contributed by atoms with Gasteiger partial charge < -0.3 is 10.6 Å². The topological polar surface area (TPSA) is 88.2 Å². The van der Waals surface area contributed by atoms with Crippen molar-refractivity contribution in [2.45, 2.75) is 26.2 Å². The van der Waals surface area contributed by atoms with Gasteiger partial charge in [0.25, 0.3) is 5.91 Å². The van der Waals surface area contributed by atoms with Crippen LogP contribution in [0.2, 0.25) is 0 Å². The maximum atomic E-state index is 11.1. The van der Waals surface area contributed by atoms with Crippen LogP contribution in [-0.4, -0.2) is 58.5 Å². The van der Waals surface area contributed by atoms with Gasteiger partial charge in [0.1, 0.15) is 0 Å². The maximum absolute atomic E-state index is 11.1. The molecule has 1 atom stereocenters. The van der Waals surface area contributed by atoms with Crippen molar-refractivity contribution in [3.05, 3.63) is 46.2 Å². The van der Waals surface area contributed by atoms with E-state index >= 15 is 0 Å². The summed E-state index contributed by atoms with van der Waals surface area (Å²) in [4.78, 5) is 29.9. The van der Waals surface area contributed by atoms with Gasteiger partial charge in [0.2, 0.25) is 5.95 Å². The molecule has 0 aromatic carbocycles. The number of amides is 1. The van der Waals surface area contributed by atoms with Gasteiger partial charge in [-0.25, -0.2) is 15.0 Å². The second-order valence-electron chi connectivity index (χ2n) is 7.06. The Morgan fingerprint density at radius 1 is 1.26 bits per heavy atom. The molecule has 2 N–H and O–H groups in total. The number of aryl methyl sites for hydroxylation is 1. The van der Waals surface area contributed by atoms with Crippen LogP contribution in [0.25, 0.3) is 0 Å². The fourth-order valence-corrected chi connectivity index (χ4v) is 4.27. The van der Waals surface area contributed by atoms with Gasteiger partial charge in [0.05, 0.1) is 16.8 Å². The third-order valence-electron chi connectivity index (χ3n) is 4.85. The Morgan fingerprint density at radius 3 is 2.48 bits per heavy atom. The number of rotatable bonds is 7. The van der Waals surface area contributed by atoms with E-state index in [-0.39, 0.29) is 0 Å². The number of piperazine rings is 1. The molecule has 0 spiro atoms. The number of carbonyl (C=O) groups excluding carboxylic acids is 1. The van der Waals surface area contributed by atoms with E-state index in [2.05, 4.69) is 45.2 Å². The van der Waals surface area contributed by atoms with E-state index in [4.69, 9.17) is 5.73 Å². The maximum Gasteiger partial charge on any atom is 0.251 e. The number of hydrogen-bond acceptors (Lipinski definition) is 7. The lowest BCUT2D eigenvalue weighted by Gasteiger charge is -2.35. The van der Waals surface area contributed by atoms with E-state index in [1.54, 1.807) is 11.3 Å². The quantitative estimate of drug-likeness (QED) is 0.734. The number of nitrogens with two attached hydrogens (primary N) is 1. The normalized spacial score (nSPS) is 16.3. The summed E-state index contributed by atoms with van der Waals surface area (Å²) < 4.78 is 0. The number of aromatic nitrogens is 3. The van der Waals surface area contributed by atoms with Gasteiger partial charge in [-0.15, -0.1) is 11.3 Å². The summed E-state index contributed by atoms with van der Waals surface area (Å²) in [6.45, 7) is 13.1. The van der Waals surface area contributed by atoms with Crippen LogP contribution in [0.15, 0.2) is 30.1 Å². The second-order valence-corrected chi connectivity index (χ2v) is 7.94. The zero-order chi connectivity index (χ0) is 19.4. The lowest BCUT2D eigenvalue weighted by Crippen LogP contribution is -2.47. The average Bonchev–Trinajstić information content (AvgIpc) is 3.08. The van der Waals surface area contributed by atoms with Crippen molar-refractivity contribution in [2.24, 2.45) is 5.73 Å². The predicted octanol–water partition coefficient (Wildman–Crippen LogP) is 2.21. The van der Waals surface area contributed by atoms with Gasteiger partial charge in [-0.1, -0.05) is 19.1 Å². The Labute approximate surface area is 163 Å². The van der Waals surface area contributed by atoms with Crippen LogP contribution in [-0.2, 0) is 0 Å². The summed E-state index contributed by atoms with van der Waals surface area (Å²) >= 11 is 1.73. The number of nitrogens with zero attached hydrogens (tertiary/aromatic N) is 5. The molecule has 2 aromatic rings. The van der Waals surface area contributed by atoms with Crippen molar-refractivity contribution >= 4 is 23.2 Å². The van der Waals surface area contributed by atoms with Gasteiger partial charge in [-0.05, 0) is 19.3 Å². The largest absolute Gasteiger partial charge is 0.366 e. The molecule has 3 heterocycles. The van der Waals surface area contributed by atoms with Crippen molar-refractivity contribution in [1.29, 1.82) is 0 Å². The standard InChI is InChI=1S/C19H26N6OS/c1-13(8-14(2)17-15(3)23-12-27-17)11-24-4-6-25(7-5-24)19-21-9-16(10-22-19)18(20)26/h9-10,12,14H,1,4-8,11H2,2-3H3,(H2,20,26). The minimum absolute atomic E-state index is 0.332. The monoisotopic (exact) mass is 386 g/mol. The molecular formula is C19H26N6OS. The highest BCUT2D eigenvalue weighted by Crippen LogP contribution is 2.28. The van der Waals surface area contributed by atoms with Crippen LogP contribution in [0.3, 0.4) is 0 Å². The van der Waals surface area contributed by atoms with Crippen LogP contribution in [0.5, 0.6) is 0 Å². The Bertz CT molecular complexity index is 795. The molecule has 2 aromatic heterocycles. The lowest BCUT2D eigenvalue weighted by molar-refractivity contribution is 0.0999. The molecule has 0 radical (unpaired) electrons. The van der Waals surface area contributed by atoms with Gasteiger partial charge in [0, 0.05) is 50.0 Å². The summed E-state index contributed by atoms with van der Waals surface area (Å²) in [5.41, 5.74) is 9.87. The van der Waals surface area contributed by atoms with Crippen LogP contribution >= 0.6 is 11.3 Å². The smallest absolute Gasteiger partial charge is 0.251 e. The second kappa shape index (κ2) is 8.58. The van der Waals surface area contributed by atoms with Crippen molar-refractivity contribution in [1.82, 2.24) is 19.9 Å². The number of hydrogen-bond donors (Lipinski definition) is 1. The summed E-state index contributed by atoms with van der Waals surface area (Å²) in [7, 11) is 0. The molecule has 144 valence electrons. The highest BCUT2D eigenvalue weighted by atomic mass is 32.1. The van der Waals surface area contributed by atoms with Crippen molar-refractivity contribution in [3.8, 4) is 0 Å². The molecule has 8 heteroatoms. The minimum atomic E-state index is -0.507. The molecule has 7 nitrogen and oxygen atoms in total.